The molecule has 1 rings (SSSR count). The standard InChI is InChI=1S/C11H23NO/c1-5-11(4)6-7-12(10(2)3)8-9-13-11/h10H,5-9H2,1-4H3. The van der Waals surface area contributed by atoms with Gasteiger partial charge < -0.3 is 4.74 Å². The highest BCUT2D eigenvalue weighted by Crippen LogP contribution is 2.23. The topological polar surface area (TPSA) is 12.5 Å². The molecule has 78 valence electrons. The van der Waals surface area contributed by atoms with Gasteiger partial charge in [-0.25, -0.2) is 0 Å². The quantitative estimate of drug-likeness (QED) is 0.654. The van der Waals surface area contributed by atoms with Crippen LogP contribution >= 0.6 is 0 Å². The van der Waals surface area contributed by atoms with Gasteiger partial charge in [-0.05, 0) is 33.6 Å². The van der Waals surface area contributed by atoms with Crippen LogP contribution in [-0.2, 0) is 4.74 Å². The van der Waals surface area contributed by atoms with Crippen molar-refractivity contribution in [3.8, 4) is 0 Å². The molecule has 0 saturated carbocycles. The summed E-state index contributed by atoms with van der Waals surface area (Å²) in [5, 5.41) is 0. The zero-order valence-electron chi connectivity index (χ0n) is 9.47. The fourth-order valence-electron chi connectivity index (χ4n) is 1.77. The molecule has 0 spiro atoms. The lowest BCUT2D eigenvalue weighted by Crippen LogP contribution is -2.33. The van der Waals surface area contributed by atoms with E-state index in [4.69, 9.17) is 4.74 Å². The summed E-state index contributed by atoms with van der Waals surface area (Å²) in [6, 6.07) is 0.655. The molecule has 1 aliphatic heterocycles. The predicted molar refractivity (Wildman–Crippen MR) is 56.0 cm³/mol. The SMILES string of the molecule is CCC1(C)CCN(C(C)C)CCO1. The summed E-state index contributed by atoms with van der Waals surface area (Å²) in [6.07, 6.45) is 2.29. The summed E-state index contributed by atoms with van der Waals surface area (Å²) >= 11 is 0. The molecule has 0 aromatic rings. The van der Waals surface area contributed by atoms with Gasteiger partial charge in [-0.15, -0.1) is 0 Å². The third-order valence-electron chi connectivity index (χ3n) is 3.24. The Balaban J connectivity index is 2.48. The van der Waals surface area contributed by atoms with Crippen LogP contribution in [0.4, 0.5) is 0 Å². The first kappa shape index (κ1) is 11.0. The molecule has 2 heteroatoms. The molecule has 2 nitrogen and oxygen atoms in total. The van der Waals surface area contributed by atoms with Crippen molar-refractivity contribution in [1.82, 2.24) is 4.90 Å². The molecule has 0 aromatic carbocycles. The maximum absolute atomic E-state index is 5.88. The van der Waals surface area contributed by atoms with Crippen molar-refractivity contribution in [3.05, 3.63) is 0 Å². The molecule has 1 unspecified atom stereocenters. The van der Waals surface area contributed by atoms with Gasteiger partial charge in [-0.2, -0.15) is 0 Å². The molecular weight excluding hydrogens is 162 g/mol. The minimum atomic E-state index is 0.129. The number of ether oxygens (including phenoxy) is 1. The van der Waals surface area contributed by atoms with Crippen LogP contribution in [0.2, 0.25) is 0 Å². The van der Waals surface area contributed by atoms with Gasteiger partial charge in [-0.3, -0.25) is 4.90 Å². The predicted octanol–water partition coefficient (Wildman–Crippen LogP) is 2.29. The normalized spacial score (nSPS) is 32.1. The lowest BCUT2D eigenvalue weighted by molar-refractivity contribution is -0.0263. The summed E-state index contributed by atoms with van der Waals surface area (Å²) in [7, 11) is 0. The second-order valence-electron chi connectivity index (χ2n) is 4.53. The molecule has 0 amide bonds. The fourth-order valence-corrected chi connectivity index (χ4v) is 1.77. The number of nitrogens with zero attached hydrogens (tertiary/aromatic N) is 1. The zero-order valence-corrected chi connectivity index (χ0v) is 9.47. The van der Waals surface area contributed by atoms with Crippen LogP contribution in [0.25, 0.3) is 0 Å². The van der Waals surface area contributed by atoms with Gasteiger partial charge in [-0.1, -0.05) is 6.92 Å². The highest BCUT2D eigenvalue weighted by molar-refractivity contribution is 4.79. The van der Waals surface area contributed by atoms with Gasteiger partial charge in [0.1, 0.15) is 0 Å². The molecule has 0 bridgehead atoms. The lowest BCUT2D eigenvalue weighted by Gasteiger charge is -2.27. The van der Waals surface area contributed by atoms with E-state index in [1.54, 1.807) is 0 Å². The van der Waals surface area contributed by atoms with Gasteiger partial charge in [0.25, 0.3) is 0 Å². The zero-order chi connectivity index (χ0) is 9.90. The summed E-state index contributed by atoms with van der Waals surface area (Å²) in [5.74, 6) is 0. The van der Waals surface area contributed by atoms with Crippen LogP contribution in [0.15, 0.2) is 0 Å². The summed E-state index contributed by atoms with van der Waals surface area (Å²) < 4.78 is 5.88. The summed E-state index contributed by atoms with van der Waals surface area (Å²) in [4.78, 5) is 2.50. The minimum Gasteiger partial charge on any atom is -0.374 e. The Morgan fingerprint density at radius 1 is 1.38 bits per heavy atom. The molecule has 1 atom stereocenters. The van der Waals surface area contributed by atoms with Crippen molar-refractivity contribution >= 4 is 0 Å². The number of hydrogen-bond acceptors (Lipinski definition) is 2. The average molecular weight is 185 g/mol. The van der Waals surface area contributed by atoms with Crippen molar-refractivity contribution in [1.29, 1.82) is 0 Å². The third-order valence-corrected chi connectivity index (χ3v) is 3.24. The van der Waals surface area contributed by atoms with Gasteiger partial charge in [0, 0.05) is 19.1 Å². The lowest BCUT2D eigenvalue weighted by atomic mass is 9.99. The number of rotatable bonds is 2. The van der Waals surface area contributed by atoms with Crippen molar-refractivity contribution in [2.24, 2.45) is 0 Å². The van der Waals surface area contributed by atoms with Crippen molar-refractivity contribution < 1.29 is 4.74 Å². The molecular formula is C11H23NO. The Kier molecular flexibility index (Phi) is 3.74. The average Bonchev–Trinajstić information content (AvgIpc) is 2.28. The van der Waals surface area contributed by atoms with Gasteiger partial charge in [0.15, 0.2) is 0 Å². The first-order chi connectivity index (χ1) is 6.07. The molecule has 13 heavy (non-hydrogen) atoms. The van der Waals surface area contributed by atoms with Crippen LogP contribution in [0.3, 0.4) is 0 Å². The van der Waals surface area contributed by atoms with E-state index >= 15 is 0 Å². The molecule has 0 N–H and O–H groups in total. The first-order valence-corrected chi connectivity index (χ1v) is 5.45. The largest absolute Gasteiger partial charge is 0.374 e. The molecule has 1 heterocycles. The highest BCUT2D eigenvalue weighted by Gasteiger charge is 2.27. The second kappa shape index (κ2) is 4.43. The van der Waals surface area contributed by atoms with Gasteiger partial charge in [0.05, 0.1) is 12.2 Å². The Hall–Kier alpha value is -0.0800. The van der Waals surface area contributed by atoms with E-state index in [0.717, 1.165) is 19.6 Å². The van der Waals surface area contributed by atoms with Crippen LogP contribution in [0, 0.1) is 0 Å². The summed E-state index contributed by atoms with van der Waals surface area (Å²) in [6.45, 7) is 12.1. The van der Waals surface area contributed by atoms with Crippen LogP contribution in [-0.4, -0.2) is 36.2 Å². The maximum Gasteiger partial charge on any atom is 0.0664 e. The Morgan fingerprint density at radius 3 is 2.62 bits per heavy atom. The van der Waals surface area contributed by atoms with E-state index in [0.29, 0.717) is 6.04 Å². The maximum atomic E-state index is 5.88. The molecule has 1 saturated heterocycles. The van der Waals surface area contributed by atoms with E-state index < -0.39 is 0 Å². The molecule has 0 radical (unpaired) electrons. The van der Waals surface area contributed by atoms with Crippen molar-refractivity contribution in [2.75, 3.05) is 19.7 Å². The highest BCUT2D eigenvalue weighted by atomic mass is 16.5. The van der Waals surface area contributed by atoms with Crippen molar-refractivity contribution in [3.63, 3.8) is 0 Å². The second-order valence-corrected chi connectivity index (χ2v) is 4.53. The molecule has 1 fully saturated rings. The van der Waals surface area contributed by atoms with Gasteiger partial charge >= 0.3 is 0 Å². The van der Waals surface area contributed by atoms with Crippen LogP contribution in [0.1, 0.15) is 40.5 Å². The van der Waals surface area contributed by atoms with Crippen LogP contribution in [0.5, 0.6) is 0 Å². The smallest absolute Gasteiger partial charge is 0.0664 e. The monoisotopic (exact) mass is 185 g/mol. The first-order valence-electron chi connectivity index (χ1n) is 5.45. The number of hydrogen-bond donors (Lipinski definition) is 0. The molecule has 1 aliphatic rings. The molecule has 0 aliphatic carbocycles. The Labute approximate surface area is 82.3 Å². The van der Waals surface area contributed by atoms with E-state index in [9.17, 15) is 0 Å². The van der Waals surface area contributed by atoms with Gasteiger partial charge in [0.2, 0.25) is 0 Å². The van der Waals surface area contributed by atoms with E-state index in [-0.39, 0.29) is 5.60 Å². The third kappa shape index (κ3) is 2.96. The molecule has 0 aromatic heterocycles. The Morgan fingerprint density at radius 2 is 2.08 bits per heavy atom. The Bertz CT molecular complexity index is 158. The minimum absolute atomic E-state index is 0.129. The van der Waals surface area contributed by atoms with E-state index in [2.05, 4.69) is 32.6 Å². The van der Waals surface area contributed by atoms with Crippen molar-refractivity contribution in [2.45, 2.75) is 52.2 Å². The fraction of sp³-hybridized carbons (Fsp3) is 1.00. The van der Waals surface area contributed by atoms with E-state index in [1.165, 1.54) is 13.0 Å². The summed E-state index contributed by atoms with van der Waals surface area (Å²) in [5.41, 5.74) is 0.129. The van der Waals surface area contributed by atoms with E-state index in [1.807, 2.05) is 0 Å². The van der Waals surface area contributed by atoms with Crippen LogP contribution < -0.4 is 0 Å².